The van der Waals surface area contributed by atoms with Crippen molar-refractivity contribution < 1.29 is 32.3 Å². The SMILES string of the molecule is COC(=O)C(CC(=O)c1cnc2ncccn12)NC(=O)C(F)(F)F. The van der Waals surface area contributed by atoms with Gasteiger partial charge in [0.2, 0.25) is 5.78 Å². The van der Waals surface area contributed by atoms with Crippen LogP contribution in [0.1, 0.15) is 16.9 Å². The molecule has 0 spiro atoms. The number of rotatable bonds is 5. The number of esters is 1. The molecule has 2 rings (SSSR count). The van der Waals surface area contributed by atoms with Gasteiger partial charge in [0.05, 0.1) is 13.3 Å². The molecule has 0 aliphatic heterocycles. The molecule has 128 valence electrons. The van der Waals surface area contributed by atoms with Crippen molar-refractivity contribution in [3.8, 4) is 0 Å². The van der Waals surface area contributed by atoms with E-state index in [4.69, 9.17) is 0 Å². The number of halogens is 3. The molecule has 2 aromatic heterocycles. The largest absolute Gasteiger partial charge is 0.471 e. The third kappa shape index (κ3) is 3.67. The lowest BCUT2D eigenvalue weighted by molar-refractivity contribution is -0.175. The molecule has 0 bridgehead atoms. The number of ether oxygens (including phenoxy) is 1. The van der Waals surface area contributed by atoms with E-state index >= 15 is 0 Å². The van der Waals surface area contributed by atoms with Crippen LogP contribution in [0.15, 0.2) is 24.7 Å². The van der Waals surface area contributed by atoms with E-state index in [-0.39, 0.29) is 11.5 Å². The zero-order valence-corrected chi connectivity index (χ0v) is 12.2. The lowest BCUT2D eigenvalue weighted by Crippen LogP contribution is -2.48. The van der Waals surface area contributed by atoms with Gasteiger partial charge in [0, 0.05) is 18.8 Å². The summed E-state index contributed by atoms with van der Waals surface area (Å²) in [4.78, 5) is 42.5. The Morgan fingerprint density at radius 1 is 1.33 bits per heavy atom. The van der Waals surface area contributed by atoms with Crippen molar-refractivity contribution >= 4 is 23.4 Å². The van der Waals surface area contributed by atoms with Crippen LogP contribution in [0.25, 0.3) is 5.78 Å². The molecule has 0 aliphatic rings. The molecule has 0 aliphatic carbocycles. The zero-order chi connectivity index (χ0) is 17.9. The van der Waals surface area contributed by atoms with Crippen LogP contribution in [0.5, 0.6) is 0 Å². The number of nitrogens with zero attached hydrogens (tertiary/aromatic N) is 3. The van der Waals surface area contributed by atoms with E-state index in [0.717, 1.165) is 7.11 Å². The average molecular weight is 344 g/mol. The summed E-state index contributed by atoms with van der Waals surface area (Å²) in [5, 5.41) is 1.44. The van der Waals surface area contributed by atoms with Gasteiger partial charge in [-0.3, -0.25) is 14.0 Å². The smallest absolute Gasteiger partial charge is 0.467 e. The fraction of sp³-hybridized carbons (Fsp3) is 0.308. The van der Waals surface area contributed by atoms with Gasteiger partial charge < -0.3 is 10.1 Å². The minimum absolute atomic E-state index is 0.00765. The van der Waals surface area contributed by atoms with E-state index < -0.39 is 36.3 Å². The molecule has 2 aromatic rings. The molecule has 11 heteroatoms. The molecule has 1 amide bonds. The Bertz CT molecular complexity index is 787. The number of fused-ring (bicyclic) bond motifs is 1. The Labute approximate surface area is 132 Å². The number of alkyl halides is 3. The molecule has 24 heavy (non-hydrogen) atoms. The highest BCUT2D eigenvalue weighted by Crippen LogP contribution is 2.16. The van der Waals surface area contributed by atoms with Gasteiger partial charge in [-0.1, -0.05) is 0 Å². The molecule has 0 fully saturated rings. The third-order valence-electron chi connectivity index (χ3n) is 3.01. The summed E-state index contributed by atoms with van der Waals surface area (Å²) in [6, 6.07) is -0.256. The second-order valence-corrected chi connectivity index (χ2v) is 4.61. The summed E-state index contributed by atoms with van der Waals surface area (Å²) >= 11 is 0. The zero-order valence-electron chi connectivity index (χ0n) is 12.2. The highest BCUT2D eigenvalue weighted by molar-refractivity contribution is 5.99. The number of amides is 1. The minimum Gasteiger partial charge on any atom is -0.467 e. The summed E-state index contributed by atoms with van der Waals surface area (Å²) in [6.45, 7) is 0. The second-order valence-electron chi connectivity index (χ2n) is 4.61. The average Bonchev–Trinajstić information content (AvgIpc) is 2.96. The van der Waals surface area contributed by atoms with Gasteiger partial charge in [-0.25, -0.2) is 14.8 Å². The summed E-state index contributed by atoms with van der Waals surface area (Å²) in [6.07, 6.45) is -1.83. The molecule has 0 radical (unpaired) electrons. The first-order valence-corrected chi connectivity index (χ1v) is 6.51. The Morgan fingerprint density at radius 2 is 2.04 bits per heavy atom. The maximum atomic E-state index is 12.3. The first kappa shape index (κ1) is 17.4. The van der Waals surface area contributed by atoms with E-state index in [1.54, 1.807) is 0 Å². The van der Waals surface area contributed by atoms with Crippen molar-refractivity contribution in [1.29, 1.82) is 0 Å². The van der Waals surface area contributed by atoms with Gasteiger partial charge in [0.1, 0.15) is 11.7 Å². The summed E-state index contributed by atoms with van der Waals surface area (Å²) < 4.78 is 42.6. The van der Waals surface area contributed by atoms with Crippen molar-refractivity contribution in [1.82, 2.24) is 19.7 Å². The number of ketones is 1. The van der Waals surface area contributed by atoms with Gasteiger partial charge in [0.15, 0.2) is 5.78 Å². The Kier molecular flexibility index (Phi) is 4.81. The van der Waals surface area contributed by atoms with E-state index in [2.05, 4.69) is 14.7 Å². The van der Waals surface area contributed by atoms with Crippen molar-refractivity contribution in [2.24, 2.45) is 0 Å². The first-order valence-electron chi connectivity index (χ1n) is 6.51. The molecule has 0 saturated heterocycles. The van der Waals surface area contributed by atoms with Crippen LogP contribution in [0.2, 0.25) is 0 Å². The number of hydrogen-bond acceptors (Lipinski definition) is 6. The van der Waals surface area contributed by atoms with Gasteiger partial charge in [-0.2, -0.15) is 13.2 Å². The number of imidazole rings is 1. The third-order valence-corrected chi connectivity index (χ3v) is 3.01. The maximum Gasteiger partial charge on any atom is 0.471 e. The Morgan fingerprint density at radius 3 is 2.67 bits per heavy atom. The van der Waals surface area contributed by atoms with Crippen LogP contribution in [0.3, 0.4) is 0 Å². The predicted molar refractivity (Wildman–Crippen MR) is 71.9 cm³/mol. The summed E-state index contributed by atoms with van der Waals surface area (Å²) in [5.41, 5.74) is 0.00765. The van der Waals surface area contributed by atoms with Gasteiger partial charge in [0.25, 0.3) is 0 Å². The lowest BCUT2D eigenvalue weighted by Gasteiger charge is -2.16. The van der Waals surface area contributed by atoms with Crippen LogP contribution in [-0.2, 0) is 14.3 Å². The normalized spacial score (nSPS) is 12.7. The van der Waals surface area contributed by atoms with Crippen molar-refractivity contribution in [2.75, 3.05) is 7.11 Å². The first-order chi connectivity index (χ1) is 11.2. The van der Waals surface area contributed by atoms with E-state index in [0.29, 0.717) is 0 Å². The van der Waals surface area contributed by atoms with Crippen LogP contribution >= 0.6 is 0 Å². The molecule has 1 atom stereocenters. The quantitative estimate of drug-likeness (QED) is 0.627. The number of carbonyl (C=O) groups is 3. The standard InChI is InChI=1S/C13H11F3N4O4/c1-24-10(22)7(19-11(23)13(14,15)16)5-9(21)8-6-18-12-17-3-2-4-20(8)12/h2-4,6-7H,5H2,1H3,(H,19,23). The number of aromatic nitrogens is 3. The van der Waals surface area contributed by atoms with Crippen molar-refractivity contribution in [2.45, 2.75) is 18.6 Å². The van der Waals surface area contributed by atoms with E-state index in [9.17, 15) is 27.6 Å². The number of carbonyl (C=O) groups excluding carboxylic acids is 3. The molecule has 2 heterocycles. The van der Waals surface area contributed by atoms with Gasteiger partial charge in [-0.15, -0.1) is 0 Å². The molecule has 8 nitrogen and oxygen atoms in total. The van der Waals surface area contributed by atoms with E-state index in [1.165, 1.54) is 34.4 Å². The molecule has 1 unspecified atom stereocenters. The maximum absolute atomic E-state index is 12.3. The number of Topliss-reactive ketones (excluding diaryl/α,β-unsaturated/α-hetero) is 1. The number of hydrogen-bond donors (Lipinski definition) is 1. The molecule has 1 N–H and O–H groups in total. The lowest BCUT2D eigenvalue weighted by atomic mass is 10.1. The predicted octanol–water partition coefficient (Wildman–Crippen LogP) is 0.522. The monoisotopic (exact) mass is 344 g/mol. The second kappa shape index (κ2) is 6.64. The molecule has 0 aromatic carbocycles. The minimum atomic E-state index is -5.19. The fourth-order valence-corrected chi connectivity index (χ4v) is 1.90. The molecular formula is C13H11F3N4O4. The highest BCUT2D eigenvalue weighted by Gasteiger charge is 2.41. The molecular weight excluding hydrogens is 333 g/mol. The number of nitrogens with one attached hydrogen (secondary N) is 1. The van der Waals surface area contributed by atoms with Crippen LogP contribution < -0.4 is 5.32 Å². The highest BCUT2D eigenvalue weighted by atomic mass is 19.4. The Balaban J connectivity index is 2.21. The van der Waals surface area contributed by atoms with Crippen molar-refractivity contribution in [3.05, 3.63) is 30.4 Å². The van der Waals surface area contributed by atoms with Crippen molar-refractivity contribution in [3.63, 3.8) is 0 Å². The molecule has 0 saturated carbocycles. The Hall–Kier alpha value is -2.98. The van der Waals surface area contributed by atoms with Crippen LogP contribution in [0, 0.1) is 0 Å². The summed E-state index contributed by atoms with van der Waals surface area (Å²) in [7, 11) is 0.928. The van der Waals surface area contributed by atoms with Crippen LogP contribution in [0.4, 0.5) is 13.2 Å². The van der Waals surface area contributed by atoms with Gasteiger partial charge in [-0.05, 0) is 6.07 Å². The van der Waals surface area contributed by atoms with Crippen LogP contribution in [-0.4, -0.2) is 51.4 Å². The van der Waals surface area contributed by atoms with Gasteiger partial charge >= 0.3 is 18.1 Å². The topological polar surface area (TPSA) is 103 Å². The summed E-state index contributed by atoms with van der Waals surface area (Å²) in [5.74, 6) is -4.03. The van der Waals surface area contributed by atoms with E-state index in [1.807, 2.05) is 0 Å². The fourth-order valence-electron chi connectivity index (χ4n) is 1.90. The number of methoxy groups -OCH3 is 1.